The van der Waals surface area contributed by atoms with Crippen molar-refractivity contribution in [2.45, 2.75) is 65.5 Å². The van der Waals surface area contributed by atoms with Gasteiger partial charge in [0.25, 0.3) is 5.91 Å². The summed E-state index contributed by atoms with van der Waals surface area (Å²) in [4.78, 5) is 39.8. The predicted octanol–water partition coefficient (Wildman–Crippen LogP) is 5.06. The number of halogens is 1. The van der Waals surface area contributed by atoms with Crippen molar-refractivity contribution in [2.24, 2.45) is 11.3 Å². The first kappa shape index (κ1) is 28.7. The minimum Gasteiger partial charge on any atom is -0.478 e. The largest absolute Gasteiger partial charge is 0.478 e. The summed E-state index contributed by atoms with van der Waals surface area (Å²) < 4.78 is 0. The van der Waals surface area contributed by atoms with E-state index >= 15 is 0 Å². The Morgan fingerprint density at radius 2 is 1.65 bits per heavy atom. The molecule has 1 fully saturated rings. The number of piperidine rings is 1. The molecule has 2 amide bonds. The lowest BCUT2D eigenvalue weighted by Gasteiger charge is -2.51. The van der Waals surface area contributed by atoms with Crippen molar-refractivity contribution in [1.82, 2.24) is 10.2 Å². The van der Waals surface area contributed by atoms with Crippen LogP contribution < -0.4 is 5.32 Å². The van der Waals surface area contributed by atoms with Gasteiger partial charge in [0.2, 0.25) is 5.91 Å². The van der Waals surface area contributed by atoms with Crippen LogP contribution in [-0.4, -0.2) is 52.0 Å². The van der Waals surface area contributed by atoms with Crippen molar-refractivity contribution in [1.29, 1.82) is 0 Å². The van der Waals surface area contributed by atoms with Gasteiger partial charge in [-0.15, -0.1) is 0 Å². The summed E-state index contributed by atoms with van der Waals surface area (Å²) >= 11 is 6.02. The number of benzene rings is 2. The third kappa shape index (κ3) is 5.83. The quantitative estimate of drug-likeness (QED) is 0.465. The van der Waals surface area contributed by atoms with Crippen molar-refractivity contribution < 1.29 is 24.6 Å². The maximum absolute atomic E-state index is 13.4. The smallest absolute Gasteiger partial charge is 0.335 e. The van der Waals surface area contributed by atoms with Gasteiger partial charge in [-0.1, -0.05) is 64.4 Å². The number of nitrogens with zero attached hydrogens (tertiary/aromatic N) is 1. The Labute approximate surface area is 223 Å². The number of likely N-dealkylation sites (tertiary alicyclic amines) is 1. The normalized spacial score (nSPS) is 20.8. The molecule has 1 unspecified atom stereocenters. The summed E-state index contributed by atoms with van der Waals surface area (Å²) in [5, 5.41) is 24.6. The topological polar surface area (TPSA) is 107 Å². The molecule has 200 valence electrons. The van der Waals surface area contributed by atoms with Gasteiger partial charge >= 0.3 is 5.97 Å². The molecule has 0 aromatic heterocycles. The number of amides is 2. The van der Waals surface area contributed by atoms with Crippen LogP contribution in [0.5, 0.6) is 0 Å². The Morgan fingerprint density at radius 3 is 2.19 bits per heavy atom. The highest BCUT2D eigenvalue weighted by atomic mass is 35.5. The maximum atomic E-state index is 13.4. The van der Waals surface area contributed by atoms with Gasteiger partial charge in [0.15, 0.2) is 0 Å². The van der Waals surface area contributed by atoms with Gasteiger partial charge in [-0.05, 0) is 54.7 Å². The zero-order chi connectivity index (χ0) is 27.7. The highest BCUT2D eigenvalue weighted by Crippen LogP contribution is 2.46. The van der Waals surface area contributed by atoms with E-state index in [0.717, 1.165) is 5.56 Å². The molecule has 0 aliphatic carbocycles. The first-order chi connectivity index (χ1) is 17.2. The number of carboxylic acid groups (broad SMARTS) is 1. The van der Waals surface area contributed by atoms with Gasteiger partial charge in [0, 0.05) is 35.1 Å². The summed E-state index contributed by atoms with van der Waals surface area (Å²) in [6, 6.07) is 11.3. The number of aromatic carboxylic acids is 1. The van der Waals surface area contributed by atoms with E-state index in [0.29, 0.717) is 30.1 Å². The van der Waals surface area contributed by atoms with Gasteiger partial charge in [0.05, 0.1) is 17.1 Å². The SMILES string of the molecule is CC(C)c1ccc(C(=O)NC(C)[C@@H](C)C(=O)N2CC[C@](O)(c3ccc(Cl)cc3)C(C)(C)C2)cc1C(=O)O. The van der Waals surface area contributed by atoms with E-state index in [-0.39, 0.29) is 23.0 Å². The number of rotatable bonds is 7. The molecule has 37 heavy (non-hydrogen) atoms. The van der Waals surface area contributed by atoms with Crippen molar-refractivity contribution in [3.05, 3.63) is 69.7 Å². The number of carbonyl (C=O) groups is 3. The van der Waals surface area contributed by atoms with Crippen LogP contribution in [0, 0.1) is 11.3 Å². The van der Waals surface area contributed by atoms with Crippen LogP contribution in [-0.2, 0) is 10.4 Å². The fraction of sp³-hybridized carbons (Fsp3) is 0.483. The first-order valence-corrected chi connectivity index (χ1v) is 13.0. The molecule has 0 spiro atoms. The third-order valence-corrected chi connectivity index (χ3v) is 8.00. The average molecular weight is 529 g/mol. The Balaban J connectivity index is 1.69. The van der Waals surface area contributed by atoms with E-state index in [1.165, 1.54) is 6.07 Å². The van der Waals surface area contributed by atoms with E-state index < -0.39 is 34.9 Å². The summed E-state index contributed by atoms with van der Waals surface area (Å²) in [7, 11) is 0. The number of hydrogen-bond donors (Lipinski definition) is 3. The fourth-order valence-corrected chi connectivity index (χ4v) is 5.20. The van der Waals surface area contributed by atoms with Gasteiger partial charge in [0.1, 0.15) is 0 Å². The molecule has 1 aliphatic rings. The van der Waals surface area contributed by atoms with Crippen molar-refractivity contribution in [2.75, 3.05) is 13.1 Å². The van der Waals surface area contributed by atoms with Crippen LogP contribution in [0.1, 0.15) is 85.7 Å². The minimum absolute atomic E-state index is 0.00548. The third-order valence-electron chi connectivity index (χ3n) is 7.75. The molecule has 7 nitrogen and oxygen atoms in total. The summed E-state index contributed by atoms with van der Waals surface area (Å²) in [6.07, 6.45) is 0.376. The number of nitrogens with one attached hydrogen (secondary N) is 1. The van der Waals surface area contributed by atoms with Gasteiger partial charge in [-0.2, -0.15) is 0 Å². The minimum atomic E-state index is -1.11. The van der Waals surface area contributed by atoms with E-state index in [1.54, 1.807) is 43.0 Å². The molecule has 1 aliphatic heterocycles. The molecule has 2 aromatic rings. The standard InChI is InChI=1S/C29H37ClN2O5/c1-17(2)23-12-7-20(15-24(23)27(35)36)25(33)31-19(4)18(3)26(34)32-14-13-29(37,28(5,6)16-32)21-8-10-22(30)11-9-21/h7-12,15,17-19,37H,13-14,16H2,1-6H3,(H,31,33)(H,35,36)/t18-,19?,29+/m1/s1. The monoisotopic (exact) mass is 528 g/mol. The van der Waals surface area contributed by atoms with Crippen molar-refractivity contribution >= 4 is 29.4 Å². The second kappa shape index (κ2) is 10.8. The Bertz CT molecular complexity index is 1180. The number of aliphatic hydroxyl groups is 1. The van der Waals surface area contributed by atoms with E-state index in [9.17, 15) is 24.6 Å². The molecule has 3 atom stereocenters. The van der Waals surface area contributed by atoms with Gasteiger partial charge < -0.3 is 20.4 Å². The molecule has 2 aromatic carbocycles. The van der Waals surface area contributed by atoms with E-state index in [2.05, 4.69) is 5.32 Å². The van der Waals surface area contributed by atoms with E-state index in [4.69, 9.17) is 11.6 Å². The first-order valence-electron chi connectivity index (χ1n) is 12.6. The Morgan fingerprint density at radius 1 is 1.03 bits per heavy atom. The van der Waals surface area contributed by atoms with Crippen LogP contribution >= 0.6 is 11.6 Å². The number of carbonyl (C=O) groups excluding carboxylic acids is 2. The van der Waals surface area contributed by atoms with E-state index in [1.807, 2.05) is 39.8 Å². The lowest BCUT2D eigenvalue weighted by atomic mass is 9.66. The highest BCUT2D eigenvalue weighted by Gasteiger charge is 2.50. The molecule has 3 rings (SSSR count). The molecule has 1 heterocycles. The van der Waals surface area contributed by atoms with Crippen molar-refractivity contribution in [3.63, 3.8) is 0 Å². The fourth-order valence-electron chi connectivity index (χ4n) is 5.07. The second-order valence-electron chi connectivity index (χ2n) is 11.1. The van der Waals surface area contributed by atoms with Gasteiger partial charge in [-0.25, -0.2) is 4.79 Å². The molecule has 8 heteroatoms. The molecule has 0 bridgehead atoms. The van der Waals surface area contributed by atoms with Crippen LogP contribution in [0.15, 0.2) is 42.5 Å². The average Bonchev–Trinajstić information content (AvgIpc) is 2.84. The number of carboxylic acids is 1. The van der Waals surface area contributed by atoms with Gasteiger partial charge in [-0.3, -0.25) is 9.59 Å². The predicted molar refractivity (Wildman–Crippen MR) is 144 cm³/mol. The maximum Gasteiger partial charge on any atom is 0.335 e. The summed E-state index contributed by atoms with van der Waals surface area (Å²) in [6.45, 7) is 11.9. The lowest BCUT2D eigenvalue weighted by Crippen LogP contribution is -2.58. The Hall–Kier alpha value is -2.90. The lowest BCUT2D eigenvalue weighted by molar-refractivity contribution is -0.156. The Kier molecular flexibility index (Phi) is 8.40. The zero-order valence-electron chi connectivity index (χ0n) is 22.3. The van der Waals surface area contributed by atoms with Crippen LogP contribution in [0.3, 0.4) is 0 Å². The van der Waals surface area contributed by atoms with Crippen molar-refractivity contribution in [3.8, 4) is 0 Å². The van der Waals surface area contributed by atoms with Crippen LogP contribution in [0.4, 0.5) is 0 Å². The molecule has 3 N–H and O–H groups in total. The summed E-state index contributed by atoms with van der Waals surface area (Å²) in [5.74, 6) is -2.14. The molecule has 1 saturated heterocycles. The van der Waals surface area contributed by atoms with Crippen LogP contribution in [0.2, 0.25) is 5.02 Å². The molecule has 0 saturated carbocycles. The molecular weight excluding hydrogens is 492 g/mol. The number of hydrogen-bond acceptors (Lipinski definition) is 4. The summed E-state index contributed by atoms with van der Waals surface area (Å²) in [5.41, 5.74) is 0.0377. The second-order valence-corrected chi connectivity index (χ2v) is 11.5. The molecular formula is C29H37ClN2O5. The van der Waals surface area contributed by atoms with Crippen LogP contribution in [0.25, 0.3) is 0 Å². The molecule has 0 radical (unpaired) electrons. The zero-order valence-corrected chi connectivity index (χ0v) is 23.1. The highest BCUT2D eigenvalue weighted by molar-refractivity contribution is 6.30.